The molecule has 0 heterocycles. The number of anilines is 1. The second kappa shape index (κ2) is 7.81. The smallest absolute Gasteiger partial charge is 0.225 e. The summed E-state index contributed by atoms with van der Waals surface area (Å²) in [6.45, 7) is 6.77. The Balaban J connectivity index is 2.63. The first-order valence-electron chi connectivity index (χ1n) is 6.04. The van der Waals surface area contributed by atoms with Crippen molar-refractivity contribution in [3.63, 3.8) is 0 Å². The van der Waals surface area contributed by atoms with Gasteiger partial charge < -0.3 is 15.4 Å². The Morgan fingerprint density at radius 3 is 2.89 bits per heavy atom. The minimum absolute atomic E-state index is 0.0726. The molecule has 0 bridgehead atoms. The number of ether oxygens (including phenoxy) is 1. The van der Waals surface area contributed by atoms with Gasteiger partial charge in [-0.3, -0.25) is 4.79 Å². The topological polar surface area (TPSA) is 50.4 Å². The van der Waals surface area contributed by atoms with Crippen molar-refractivity contribution in [1.82, 2.24) is 5.32 Å². The fourth-order valence-corrected chi connectivity index (χ4v) is 1.70. The number of amides is 1. The van der Waals surface area contributed by atoms with Crippen molar-refractivity contribution in [2.45, 2.75) is 13.3 Å². The van der Waals surface area contributed by atoms with Crippen molar-refractivity contribution in [2.24, 2.45) is 0 Å². The summed E-state index contributed by atoms with van der Waals surface area (Å²) in [6, 6.07) is 3.50. The first-order valence-corrected chi connectivity index (χ1v) is 6.42. The van der Waals surface area contributed by atoms with Crippen molar-refractivity contribution in [1.29, 1.82) is 0 Å². The number of benzene rings is 1. The van der Waals surface area contributed by atoms with Gasteiger partial charge in [0.25, 0.3) is 0 Å². The number of aryl methyl sites for hydroxylation is 1. The van der Waals surface area contributed by atoms with Crippen LogP contribution in [-0.2, 0) is 4.79 Å². The van der Waals surface area contributed by atoms with E-state index in [2.05, 4.69) is 17.2 Å². The molecule has 0 saturated heterocycles. The van der Waals surface area contributed by atoms with E-state index in [0.29, 0.717) is 36.0 Å². The number of rotatable bonds is 7. The fourth-order valence-electron chi connectivity index (χ4n) is 1.55. The van der Waals surface area contributed by atoms with Crippen molar-refractivity contribution < 1.29 is 9.53 Å². The van der Waals surface area contributed by atoms with E-state index in [-0.39, 0.29) is 5.91 Å². The van der Waals surface area contributed by atoms with Gasteiger partial charge in [0.15, 0.2) is 0 Å². The van der Waals surface area contributed by atoms with E-state index in [9.17, 15) is 4.79 Å². The molecule has 1 aromatic carbocycles. The molecule has 1 amide bonds. The largest absolute Gasteiger partial charge is 0.495 e. The zero-order chi connectivity index (χ0) is 14.3. The van der Waals surface area contributed by atoms with Gasteiger partial charge in [-0.15, -0.1) is 6.58 Å². The number of halogens is 1. The molecule has 0 fully saturated rings. The summed E-state index contributed by atoms with van der Waals surface area (Å²) >= 11 is 6.01. The molecule has 0 atom stereocenters. The molecule has 0 unspecified atom stereocenters. The molecule has 1 aromatic rings. The molecule has 1 rings (SSSR count). The zero-order valence-electron chi connectivity index (χ0n) is 11.3. The van der Waals surface area contributed by atoms with Crippen LogP contribution in [0.2, 0.25) is 5.02 Å². The zero-order valence-corrected chi connectivity index (χ0v) is 12.0. The minimum Gasteiger partial charge on any atom is -0.495 e. The van der Waals surface area contributed by atoms with Crippen LogP contribution in [0.25, 0.3) is 0 Å². The second-order valence-electron chi connectivity index (χ2n) is 4.09. The van der Waals surface area contributed by atoms with Crippen molar-refractivity contribution in [3.8, 4) is 5.75 Å². The lowest BCUT2D eigenvalue weighted by atomic mass is 10.2. The van der Waals surface area contributed by atoms with Gasteiger partial charge in [-0.25, -0.2) is 0 Å². The summed E-state index contributed by atoms with van der Waals surface area (Å²) in [5.74, 6) is 0.486. The molecule has 0 aliphatic carbocycles. The minimum atomic E-state index is -0.0726. The predicted octanol–water partition coefficient (Wildman–Crippen LogP) is 2.76. The third-order valence-corrected chi connectivity index (χ3v) is 2.98. The summed E-state index contributed by atoms with van der Waals surface area (Å²) in [4.78, 5) is 11.8. The van der Waals surface area contributed by atoms with Crippen LogP contribution < -0.4 is 15.4 Å². The van der Waals surface area contributed by atoms with Gasteiger partial charge in [-0.2, -0.15) is 0 Å². The lowest BCUT2D eigenvalue weighted by molar-refractivity contribution is -0.116. The highest BCUT2D eigenvalue weighted by Gasteiger charge is 2.09. The molecule has 2 N–H and O–H groups in total. The average molecular weight is 283 g/mol. The summed E-state index contributed by atoms with van der Waals surface area (Å²) in [5.41, 5.74) is 1.53. The SMILES string of the molecule is C=CCNCCC(=O)Nc1cc(C)c(Cl)cc1OC. The van der Waals surface area contributed by atoms with Gasteiger partial charge in [0, 0.05) is 30.6 Å². The molecule has 19 heavy (non-hydrogen) atoms. The quantitative estimate of drug-likeness (QED) is 0.597. The Morgan fingerprint density at radius 1 is 1.53 bits per heavy atom. The van der Waals surface area contributed by atoms with E-state index in [1.807, 2.05) is 6.92 Å². The maximum absolute atomic E-state index is 11.8. The Bertz CT molecular complexity index is 461. The summed E-state index contributed by atoms with van der Waals surface area (Å²) in [5, 5.41) is 6.50. The van der Waals surface area contributed by atoms with E-state index in [1.165, 1.54) is 0 Å². The van der Waals surface area contributed by atoms with E-state index in [4.69, 9.17) is 16.3 Å². The number of carbonyl (C=O) groups is 1. The standard InChI is InChI=1S/C14H19ClN2O2/c1-4-6-16-7-5-14(18)17-12-8-10(2)11(15)9-13(12)19-3/h4,8-9,16H,1,5-7H2,2-3H3,(H,17,18). The molecule has 104 valence electrons. The average Bonchev–Trinajstić information content (AvgIpc) is 2.38. The monoisotopic (exact) mass is 282 g/mol. The molecule has 0 aliphatic heterocycles. The van der Waals surface area contributed by atoms with E-state index in [0.717, 1.165) is 5.56 Å². The highest BCUT2D eigenvalue weighted by atomic mass is 35.5. The molecule has 0 saturated carbocycles. The highest BCUT2D eigenvalue weighted by Crippen LogP contribution is 2.30. The van der Waals surface area contributed by atoms with Crippen LogP contribution in [0.4, 0.5) is 5.69 Å². The molecule has 0 radical (unpaired) electrons. The van der Waals surface area contributed by atoms with Crippen molar-refractivity contribution in [3.05, 3.63) is 35.4 Å². The van der Waals surface area contributed by atoms with Crippen LogP contribution in [0.15, 0.2) is 24.8 Å². The van der Waals surface area contributed by atoms with Gasteiger partial charge in [0.2, 0.25) is 5.91 Å². The first kappa shape index (κ1) is 15.5. The molecule has 0 aliphatic rings. The molecule has 5 heteroatoms. The lowest BCUT2D eigenvalue weighted by Gasteiger charge is -2.12. The van der Waals surface area contributed by atoms with Gasteiger partial charge >= 0.3 is 0 Å². The number of carbonyl (C=O) groups excluding carboxylic acids is 1. The normalized spacial score (nSPS) is 10.1. The van der Waals surface area contributed by atoms with E-state index >= 15 is 0 Å². The lowest BCUT2D eigenvalue weighted by Crippen LogP contribution is -2.22. The van der Waals surface area contributed by atoms with Gasteiger partial charge in [-0.1, -0.05) is 17.7 Å². The van der Waals surface area contributed by atoms with E-state index in [1.54, 1.807) is 25.3 Å². The Hall–Kier alpha value is -1.52. The molecular weight excluding hydrogens is 264 g/mol. The Labute approximate surface area is 118 Å². The van der Waals surface area contributed by atoms with Gasteiger partial charge in [-0.05, 0) is 18.6 Å². The third kappa shape index (κ3) is 4.93. The molecular formula is C14H19ClN2O2. The highest BCUT2D eigenvalue weighted by molar-refractivity contribution is 6.31. The summed E-state index contributed by atoms with van der Waals surface area (Å²) in [7, 11) is 1.54. The third-order valence-electron chi connectivity index (χ3n) is 2.57. The first-order chi connectivity index (χ1) is 9.08. The van der Waals surface area contributed by atoms with E-state index < -0.39 is 0 Å². The van der Waals surface area contributed by atoms with Gasteiger partial charge in [0.1, 0.15) is 5.75 Å². The molecule has 0 spiro atoms. The number of nitrogens with one attached hydrogen (secondary N) is 2. The summed E-state index contributed by atoms with van der Waals surface area (Å²) < 4.78 is 5.20. The van der Waals surface area contributed by atoms with Crippen LogP contribution in [0.1, 0.15) is 12.0 Å². The number of methoxy groups -OCH3 is 1. The Kier molecular flexibility index (Phi) is 6.39. The summed E-state index contributed by atoms with van der Waals surface area (Å²) in [6.07, 6.45) is 2.14. The maximum atomic E-state index is 11.8. The van der Waals surface area contributed by atoms with Crippen LogP contribution >= 0.6 is 11.6 Å². The predicted molar refractivity (Wildman–Crippen MR) is 79.1 cm³/mol. The maximum Gasteiger partial charge on any atom is 0.225 e. The Morgan fingerprint density at radius 2 is 2.26 bits per heavy atom. The van der Waals surface area contributed by atoms with Crippen LogP contribution in [0.5, 0.6) is 5.75 Å². The molecule has 4 nitrogen and oxygen atoms in total. The van der Waals surface area contributed by atoms with Crippen molar-refractivity contribution in [2.75, 3.05) is 25.5 Å². The van der Waals surface area contributed by atoms with Crippen LogP contribution in [0.3, 0.4) is 0 Å². The second-order valence-corrected chi connectivity index (χ2v) is 4.50. The van der Waals surface area contributed by atoms with Crippen LogP contribution in [0, 0.1) is 6.92 Å². The van der Waals surface area contributed by atoms with Crippen LogP contribution in [-0.4, -0.2) is 26.1 Å². The number of hydrogen-bond acceptors (Lipinski definition) is 3. The van der Waals surface area contributed by atoms with Crippen molar-refractivity contribution >= 4 is 23.2 Å². The fraction of sp³-hybridized carbons (Fsp3) is 0.357. The number of hydrogen-bond donors (Lipinski definition) is 2. The van der Waals surface area contributed by atoms with Gasteiger partial charge in [0.05, 0.1) is 12.8 Å². The molecule has 0 aromatic heterocycles.